The molecule has 0 amide bonds. The van der Waals surface area contributed by atoms with Gasteiger partial charge in [0.2, 0.25) is 0 Å². The van der Waals surface area contributed by atoms with E-state index < -0.39 is 0 Å². The Labute approximate surface area is 77.0 Å². The molecule has 0 spiro atoms. The molecule has 0 saturated heterocycles. The van der Waals surface area contributed by atoms with Crippen molar-refractivity contribution in [1.82, 2.24) is 6.15 Å². The van der Waals surface area contributed by atoms with Crippen molar-refractivity contribution in [3.05, 3.63) is 0 Å². The van der Waals surface area contributed by atoms with Gasteiger partial charge in [-0.15, -0.1) is 6.61 Å². The topological polar surface area (TPSA) is 59.6 Å². The molecular formula is C10H25NO. The minimum atomic E-state index is 0. The van der Waals surface area contributed by atoms with E-state index in [9.17, 15) is 5.11 Å². The molecule has 0 aromatic rings. The van der Waals surface area contributed by atoms with Crippen LogP contribution in [-0.4, -0.2) is 6.61 Å². The van der Waals surface area contributed by atoms with E-state index in [1.165, 1.54) is 25.7 Å². The molecule has 4 N–H and O–H groups in total. The Morgan fingerprint density at radius 2 is 1.42 bits per heavy atom. The highest BCUT2D eigenvalue weighted by Crippen LogP contribution is 2.09. The summed E-state index contributed by atoms with van der Waals surface area (Å²) in [7, 11) is 0. The largest absolute Gasteiger partial charge is 0.854 e. The zero-order valence-corrected chi connectivity index (χ0v) is 8.94. The third kappa shape index (κ3) is 12.6. The molecule has 2 heteroatoms. The number of hydrogen-bond donors (Lipinski definition) is 1. The second-order valence-electron chi connectivity index (χ2n) is 3.65. The predicted molar refractivity (Wildman–Crippen MR) is 53.4 cm³/mol. The van der Waals surface area contributed by atoms with E-state index in [0.29, 0.717) is 0 Å². The summed E-state index contributed by atoms with van der Waals surface area (Å²) < 4.78 is 0. The molecule has 2 nitrogen and oxygen atoms in total. The number of rotatable bonds is 7. The minimum Gasteiger partial charge on any atom is -0.854 e. The monoisotopic (exact) mass is 175 g/mol. The molecule has 0 aliphatic heterocycles. The molecule has 0 saturated carbocycles. The van der Waals surface area contributed by atoms with Gasteiger partial charge in [-0.05, 0) is 5.92 Å². The van der Waals surface area contributed by atoms with Crippen molar-refractivity contribution in [2.24, 2.45) is 5.92 Å². The van der Waals surface area contributed by atoms with Crippen molar-refractivity contribution in [3.63, 3.8) is 0 Å². The normalized spacial score (nSPS) is 10.0. The maximum atomic E-state index is 10.1. The van der Waals surface area contributed by atoms with Crippen molar-refractivity contribution in [2.75, 3.05) is 6.61 Å². The van der Waals surface area contributed by atoms with E-state index >= 15 is 0 Å². The summed E-state index contributed by atoms with van der Waals surface area (Å²) in [5, 5.41) is 10.1. The molecule has 0 aliphatic carbocycles. The number of quaternary nitrogens is 1. The predicted octanol–water partition coefficient (Wildman–Crippen LogP) is 2.72. The molecule has 0 bridgehead atoms. The maximum absolute atomic E-state index is 10.1. The third-order valence-electron chi connectivity index (χ3n) is 1.93. The molecule has 0 aromatic carbocycles. The average molecular weight is 175 g/mol. The van der Waals surface area contributed by atoms with Gasteiger partial charge in [0, 0.05) is 0 Å². The van der Waals surface area contributed by atoms with Gasteiger partial charge in [0.05, 0.1) is 0 Å². The van der Waals surface area contributed by atoms with Crippen LogP contribution in [0.3, 0.4) is 0 Å². The molecule has 0 aliphatic rings. The van der Waals surface area contributed by atoms with Crippen LogP contribution in [0.25, 0.3) is 0 Å². The Morgan fingerprint density at radius 1 is 0.917 bits per heavy atom. The Kier molecular flexibility index (Phi) is 13.1. The number of hydrogen-bond acceptors (Lipinski definition) is 1. The minimum absolute atomic E-state index is 0. The SMILES string of the molecule is CC(C)CCCCCCC[O-].[NH4+]. The van der Waals surface area contributed by atoms with Crippen molar-refractivity contribution < 1.29 is 5.11 Å². The second kappa shape index (κ2) is 10.9. The molecule has 0 heterocycles. The van der Waals surface area contributed by atoms with Gasteiger partial charge in [0.15, 0.2) is 0 Å². The molecule has 12 heavy (non-hydrogen) atoms. The second-order valence-corrected chi connectivity index (χ2v) is 3.65. The van der Waals surface area contributed by atoms with Gasteiger partial charge in [-0.3, -0.25) is 0 Å². The smallest absolute Gasteiger partial charge is 0.0471 e. The fraction of sp³-hybridized carbons (Fsp3) is 1.00. The zero-order chi connectivity index (χ0) is 8.53. The highest BCUT2D eigenvalue weighted by atomic mass is 16.2. The lowest BCUT2D eigenvalue weighted by Crippen LogP contribution is -2.04. The van der Waals surface area contributed by atoms with E-state index in [1.54, 1.807) is 0 Å². The van der Waals surface area contributed by atoms with Gasteiger partial charge in [-0.2, -0.15) is 0 Å². The van der Waals surface area contributed by atoms with E-state index in [-0.39, 0.29) is 12.8 Å². The highest BCUT2D eigenvalue weighted by molar-refractivity contribution is 4.47. The first-order valence-corrected chi connectivity index (χ1v) is 4.85. The Morgan fingerprint density at radius 3 is 1.92 bits per heavy atom. The quantitative estimate of drug-likeness (QED) is 0.594. The summed E-state index contributed by atoms with van der Waals surface area (Å²) in [6.45, 7) is 4.64. The lowest BCUT2D eigenvalue weighted by atomic mass is 10.0. The standard InChI is InChI=1S/C10H21O.H3N/c1-10(2)8-6-4-3-5-7-9-11;/h10H,3-9H2,1-2H3;1H3/q-1;/p+1. The Balaban J connectivity index is 0. The fourth-order valence-corrected chi connectivity index (χ4v) is 1.18. The van der Waals surface area contributed by atoms with Gasteiger partial charge < -0.3 is 11.3 Å². The van der Waals surface area contributed by atoms with Crippen LogP contribution in [-0.2, 0) is 0 Å². The molecule has 0 fully saturated rings. The lowest BCUT2D eigenvalue weighted by molar-refractivity contribution is -0.368. The van der Waals surface area contributed by atoms with E-state index in [0.717, 1.165) is 18.8 Å². The first kappa shape index (κ1) is 14.4. The molecule has 76 valence electrons. The Bertz CT molecular complexity index is 74.2. The van der Waals surface area contributed by atoms with Crippen LogP contribution in [0, 0.1) is 5.92 Å². The van der Waals surface area contributed by atoms with Gasteiger partial charge in [-0.25, -0.2) is 0 Å². The van der Waals surface area contributed by atoms with Crippen molar-refractivity contribution in [3.8, 4) is 0 Å². The molecule has 0 atom stereocenters. The van der Waals surface area contributed by atoms with Crippen LogP contribution in [0.15, 0.2) is 0 Å². The molecule has 0 unspecified atom stereocenters. The summed E-state index contributed by atoms with van der Waals surface area (Å²) >= 11 is 0. The number of unbranched alkanes of at least 4 members (excludes halogenated alkanes) is 4. The zero-order valence-electron chi connectivity index (χ0n) is 8.94. The van der Waals surface area contributed by atoms with Crippen LogP contribution >= 0.6 is 0 Å². The van der Waals surface area contributed by atoms with Gasteiger partial charge >= 0.3 is 0 Å². The van der Waals surface area contributed by atoms with Crippen molar-refractivity contribution in [2.45, 2.75) is 52.4 Å². The first-order chi connectivity index (χ1) is 5.27. The fourth-order valence-electron chi connectivity index (χ4n) is 1.18. The van der Waals surface area contributed by atoms with Crippen LogP contribution in [0.4, 0.5) is 0 Å². The van der Waals surface area contributed by atoms with Gasteiger partial charge in [0.1, 0.15) is 0 Å². The van der Waals surface area contributed by atoms with Crippen LogP contribution in [0.2, 0.25) is 0 Å². The van der Waals surface area contributed by atoms with Crippen LogP contribution in [0.1, 0.15) is 52.4 Å². The van der Waals surface area contributed by atoms with E-state index in [4.69, 9.17) is 0 Å². The highest BCUT2D eigenvalue weighted by Gasteiger charge is 1.92. The van der Waals surface area contributed by atoms with Crippen molar-refractivity contribution in [1.29, 1.82) is 0 Å². The van der Waals surface area contributed by atoms with Crippen LogP contribution in [0.5, 0.6) is 0 Å². The van der Waals surface area contributed by atoms with Gasteiger partial charge in [-0.1, -0.05) is 52.4 Å². The van der Waals surface area contributed by atoms with E-state index in [2.05, 4.69) is 13.8 Å². The first-order valence-electron chi connectivity index (χ1n) is 4.85. The molecule has 0 aromatic heterocycles. The third-order valence-corrected chi connectivity index (χ3v) is 1.93. The molecule has 0 rings (SSSR count). The van der Waals surface area contributed by atoms with Crippen molar-refractivity contribution >= 4 is 0 Å². The summed E-state index contributed by atoms with van der Waals surface area (Å²) in [6, 6.07) is 0. The summed E-state index contributed by atoms with van der Waals surface area (Å²) in [5.41, 5.74) is 0. The molecule has 0 radical (unpaired) electrons. The van der Waals surface area contributed by atoms with Crippen LogP contribution < -0.4 is 11.3 Å². The maximum Gasteiger partial charge on any atom is -0.0471 e. The summed E-state index contributed by atoms with van der Waals surface area (Å²) in [4.78, 5) is 0. The summed E-state index contributed by atoms with van der Waals surface area (Å²) in [6.07, 6.45) is 7.28. The summed E-state index contributed by atoms with van der Waals surface area (Å²) in [5.74, 6) is 0.842. The Hall–Kier alpha value is -0.0800. The lowest BCUT2D eigenvalue weighted by Gasteiger charge is -2.05. The average Bonchev–Trinajstić information content (AvgIpc) is 1.96. The van der Waals surface area contributed by atoms with Gasteiger partial charge in [0.25, 0.3) is 0 Å². The van der Waals surface area contributed by atoms with E-state index in [1.807, 2.05) is 0 Å². The molecular weight excluding hydrogens is 150 g/mol.